The summed E-state index contributed by atoms with van der Waals surface area (Å²) in [6.45, 7) is 0. The number of hydrogen-bond acceptors (Lipinski definition) is 1. The number of carboxylic acid groups (broad SMARTS) is 1. The van der Waals surface area contributed by atoms with Crippen LogP contribution in [0.4, 0.5) is 8.78 Å². The second-order valence-electron chi connectivity index (χ2n) is 4.82. The van der Waals surface area contributed by atoms with Gasteiger partial charge in [-0.15, -0.1) is 0 Å². The zero-order valence-electron chi connectivity index (χ0n) is 7.93. The Balaban J connectivity index is 1.89. The van der Waals surface area contributed by atoms with E-state index in [9.17, 15) is 13.6 Å². The van der Waals surface area contributed by atoms with Crippen LogP contribution in [0, 0.1) is 11.3 Å². The van der Waals surface area contributed by atoms with Gasteiger partial charge in [0, 0.05) is 12.8 Å². The third kappa shape index (κ3) is 1.62. The number of aliphatic carboxylic acids is 1. The third-order valence-electron chi connectivity index (χ3n) is 3.66. The molecule has 0 heterocycles. The van der Waals surface area contributed by atoms with Crippen molar-refractivity contribution in [3.8, 4) is 0 Å². The summed E-state index contributed by atoms with van der Waals surface area (Å²) in [5.74, 6) is -3.54. The van der Waals surface area contributed by atoms with Crippen LogP contribution in [-0.4, -0.2) is 17.0 Å². The van der Waals surface area contributed by atoms with Crippen LogP contribution in [-0.2, 0) is 4.79 Å². The molecule has 0 aromatic heterocycles. The summed E-state index contributed by atoms with van der Waals surface area (Å²) in [5, 5.41) is 8.75. The summed E-state index contributed by atoms with van der Waals surface area (Å²) in [5.41, 5.74) is -0.213. The molecule has 80 valence electrons. The van der Waals surface area contributed by atoms with E-state index in [4.69, 9.17) is 5.11 Å². The summed E-state index contributed by atoms with van der Waals surface area (Å²) in [7, 11) is 0. The van der Waals surface area contributed by atoms with Crippen LogP contribution >= 0.6 is 0 Å². The molecule has 0 aromatic carbocycles. The highest BCUT2D eigenvalue weighted by Gasteiger charge is 2.57. The molecule has 0 amide bonds. The van der Waals surface area contributed by atoms with Crippen LogP contribution in [0.2, 0.25) is 0 Å². The van der Waals surface area contributed by atoms with E-state index < -0.39 is 11.9 Å². The van der Waals surface area contributed by atoms with Crippen LogP contribution in [0.1, 0.15) is 38.5 Å². The summed E-state index contributed by atoms with van der Waals surface area (Å²) in [4.78, 5) is 10.7. The molecule has 14 heavy (non-hydrogen) atoms. The van der Waals surface area contributed by atoms with Crippen molar-refractivity contribution in [3.63, 3.8) is 0 Å². The summed E-state index contributed by atoms with van der Waals surface area (Å²) in [6.07, 6.45) is 2.44. The fourth-order valence-corrected chi connectivity index (χ4v) is 2.88. The maximum absolute atomic E-state index is 12.7. The number of hydrogen-bond donors (Lipinski definition) is 1. The van der Waals surface area contributed by atoms with E-state index in [1.54, 1.807) is 0 Å². The van der Waals surface area contributed by atoms with Gasteiger partial charge >= 0.3 is 5.97 Å². The first-order chi connectivity index (χ1) is 6.43. The van der Waals surface area contributed by atoms with Crippen molar-refractivity contribution in [1.29, 1.82) is 0 Å². The van der Waals surface area contributed by atoms with Gasteiger partial charge < -0.3 is 5.11 Å². The molecule has 2 rings (SSSR count). The summed E-state index contributed by atoms with van der Waals surface area (Å²) in [6, 6.07) is 0. The van der Waals surface area contributed by atoms with E-state index in [0.29, 0.717) is 25.7 Å². The molecule has 0 bridgehead atoms. The van der Waals surface area contributed by atoms with Crippen molar-refractivity contribution in [2.75, 3.05) is 0 Å². The molecule has 0 aliphatic heterocycles. The molecule has 1 spiro atoms. The monoisotopic (exact) mass is 204 g/mol. The van der Waals surface area contributed by atoms with Gasteiger partial charge in [-0.2, -0.15) is 0 Å². The van der Waals surface area contributed by atoms with Gasteiger partial charge in [0.2, 0.25) is 5.92 Å². The predicted molar refractivity (Wildman–Crippen MR) is 46.2 cm³/mol. The van der Waals surface area contributed by atoms with Gasteiger partial charge in [0.25, 0.3) is 0 Å². The molecular formula is C10H14F2O2. The Hall–Kier alpha value is -0.670. The van der Waals surface area contributed by atoms with Crippen molar-refractivity contribution in [2.24, 2.45) is 11.3 Å². The second kappa shape index (κ2) is 2.91. The quantitative estimate of drug-likeness (QED) is 0.713. The predicted octanol–water partition coefficient (Wildman–Crippen LogP) is 2.68. The minimum Gasteiger partial charge on any atom is -0.481 e. The number of halogens is 2. The molecule has 0 aromatic rings. The largest absolute Gasteiger partial charge is 0.481 e. The fraction of sp³-hybridized carbons (Fsp3) is 0.900. The summed E-state index contributed by atoms with van der Waals surface area (Å²) < 4.78 is 25.4. The van der Waals surface area contributed by atoms with E-state index in [-0.39, 0.29) is 24.2 Å². The Kier molecular flexibility index (Phi) is 2.05. The highest BCUT2D eigenvalue weighted by Crippen LogP contribution is 2.59. The molecule has 1 N–H and O–H groups in total. The lowest BCUT2D eigenvalue weighted by Gasteiger charge is -2.50. The van der Waals surface area contributed by atoms with Gasteiger partial charge in [-0.05, 0) is 31.1 Å². The van der Waals surface area contributed by atoms with Crippen LogP contribution in [0.3, 0.4) is 0 Å². The fourth-order valence-electron chi connectivity index (χ4n) is 2.88. The molecule has 2 nitrogen and oxygen atoms in total. The lowest BCUT2D eigenvalue weighted by Crippen LogP contribution is -2.48. The smallest absolute Gasteiger partial charge is 0.306 e. The molecule has 2 aliphatic rings. The van der Waals surface area contributed by atoms with E-state index in [2.05, 4.69) is 0 Å². The molecule has 0 atom stereocenters. The van der Waals surface area contributed by atoms with E-state index in [1.807, 2.05) is 0 Å². The lowest BCUT2D eigenvalue weighted by atomic mass is 9.57. The van der Waals surface area contributed by atoms with Crippen molar-refractivity contribution in [1.82, 2.24) is 0 Å². The van der Waals surface area contributed by atoms with Crippen molar-refractivity contribution >= 4 is 5.97 Å². The van der Waals surface area contributed by atoms with E-state index in [0.717, 1.165) is 0 Å². The Labute approximate surface area is 81.3 Å². The first-order valence-corrected chi connectivity index (χ1v) is 5.03. The Morgan fingerprint density at radius 2 is 1.71 bits per heavy atom. The van der Waals surface area contributed by atoms with Crippen LogP contribution in [0.25, 0.3) is 0 Å². The minimum atomic E-state index is -2.48. The van der Waals surface area contributed by atoms with Crippen molar-refractivity contribution in [2.45, 2.75) is 44.4 Å². The zero-order chi connectivity index (χ0) is 10.4. The lowest BCUT2D eigenvalue weighted by molar-refractivity contribution is -0.178. The standard InChI is InChI=1S/C10H14F2O2/c11-10(12)5-9(6-10)3-1-7(2-4-9)8(13)14/h7H,1-6H2,(H,13,14). The third-order valence-corrected chi connectivity index (χ3v) is 3.66. The van der Waals surface area contributed by atoms with Gasteiger partial charge in [0.05, 0.1) is 5.92 Å². The summed E-state index contributed by atoms with van der Waals surface area (Å²) >= 11 is 0. The van der Waals surface area contributed by atoms with Crippen LogP contribution in [0.5, 0.6) is 0 Å². The highest BCUT2D eigenvalue weighted by atomic mass is 19.3. The molecular weight excluding hydrogens is 190 g/mol. The van der Waals surface area contributed by atoms with Crippen molar-refractivity contribution < 1.29 is 18.7 Å². The van der Waals surface area contributed by atoms with Gasteiger partial charge in [-0.25, -0.2) is 8.78 Å². The Morgan fingerprint density at radius 1 is 1.21 bits per heavy atom. The van der Waals surface area contributed by atoms with E-state index >= 15 is 0 Å². The average molecular weight is 204 g/mol. The topological polar surface area (TPSA) is 37.3 Å². The van der Waals surface area contributed by atoms with Crippen LogP contribution in [0.15, 0.2) is 0 Å². The van der Waals surface area contributed by atoms with Gasteiger partial charge in [-0.3, -0.25) is 4.79 Å². The molecule has 2 aliphatic carbocycles. The molecule has 0 radical (unpaired) electrons. The normalized spacial score (nSPS) is 29.9. The Bertz CT molecular complexity index is 245. The minimum absolute atomic E-state index is 0.0215. The first kappa shape index (κ1) is 9.87. The second-order valence-corrected chi connectivity index (χ2v) is 4.82. The molecule has 2 fully saturated rings. The van der Waals surface area contributed by atoms with Gasteiger partial charge in [0.1, 0.15) is 0 Å². The SMILES string of the molecule is O=C(O)C1CCC2(CC1)CC(F)(F)C2. The Morgan fingerprint density at radius 3 is 2.07 bits per heavy atom. The average Bonchev–Trinajstić information content (AvgIpc) is 2.01. The maximum atomic E-state index is 12.7. The number of carbonyl (C=O) groups is 1. The first-order valence-electron chi connectivity index (χ1n) is 5.03. The molecule has 4 heteroatoms. The zero-order valence-corrected chi connectivity index (χ0v) is 7.93. The number of rotatable bonds is 1. The highest BCUT2D eigenvalue weighted by molar-refractivity contribution is 5.70. The molecule has 2 saturated carbocycles. The van der Waals surface area contributed by atoms with Crippen LogP contribution < -0.4 is 0 Å². The maximum Gasteiger partial charge on any atom is 0.306 e. The van der Waals surface area contributed by atoms with E-state index in [1.165, 1.54) is 0 Å². The number of alkyl halides is 2. The molecule has 0 unspecified atom stereocenters. The van der Waals surface area contributed by atoms with Gasteiger partial charge in [-0.1, -0.05) is 0 Å². The molecule has 0 saturated heterocycles. The number of carboxylic acids is 1. The van der Waals surface area contributed by atoms with Gasteiger partial charge in [0.15, 0.2) is 0 Å². The van der Waals surface area contributed by atoms with Crippen molar-refractivity contribution in [3.05, 3.63) is 0 Å².